The van der Waals surface area contributed by atoms with Crippen LogP contribution in [-0.4, -0.2) is 92.4 Å². The monoisotopic (exact) mass is 418 g/mol. The third-order valence-corrected chi connectivity index (χ3v) is 5.63. The molecule has 4 atom stereocenters. The van der Waals surface area contributed by atoms with Crippen LogP contribution in [0.2, 0.25) is 0 Å². The van der Waals surface area contributed by atoms with Gasteiger partial charge < -0.3 is 15.1 Å². The Morgan fingerprint density at radius 1 is 0.821 bits per heavy atom. The van der Waals surface area contributed by atoms with Crippen LogP contribution in [0.1, 0.15) is 74.1 Å². The number of nitrogens with zero attached hydrogens (tertiary/aromatic N) is 3. The Balaban J connectivity index is 0. The maximum absolute atomic E-state index is 3.47. The molecule has 0 aromatic rings. The zero-order chi connectivity index (χ0) is 21.9. The molecule has 3 fully saturated rings. The first-order valence-electron chi connectivity index (χ1n) is 12.0. The van der Waals surface area contributed by atoms with E-state index in [4.69, 9.17) is 0 Å². The summed E-state index contributed by atoms with van der Waals surface area (Å²) in [6.45, 7) is 22.3. The van der Waals surface area contributed by atoms with E-state index >= 15 is 0 Å². The normalized spacial score (nSPS) is 27.9. The average molecular weight is 419 g/mol. The molecule has 28 heavy (non-hydrogen) atoms. The van der Waals surface area contributed by atoms with Crippen LogP contribution in [0.15, 0.2) is 0 Å². The zero-order valence-electron chi connectivity index (χ0n) is 20.9. The van der Waals surface area contributed by atoms with E-state index in [1.165, 1.54) is 71.1 Å². The van der Waals surface area contributed by atoms with Gasteiger partial charge in [0.1, 0.15) is 0 Å². The Hall–Kier alpha value is 0.270. The summed E-state index contributed by atoms with van der Waals surface area (Å²) in [4.78, 5) is 7.48. The molecule has 3 saturated heterocycles. The van der Waals surface area contributed by atoms with E-state index in [1.54, 1.807) is 0 Å². The predicted molar refractivity (Wildman–Crippen MR) is 134 cm³/mol. The first kappa shape index (κ1) is 30.5. The summed E-state index contributed by atoms with van der Waals surface area (Å²) >= 11 is 0. The van der Waals surface area contributed by atoms with Gasteiger partial charge in [-0.15, -0.1) is 9.24 Å². The minimum atomic E-state index is 0.666. The lowest BCUT2D eigenvalue weighted by molar-refractivity contribution is 0.208. The van der Waals surface area contributed by atoms with Crippen molar-refractivity contribution in [3.05, 3.63) is 0 Å². The van der Waals surface area contributed by atoms with E-state index in [2.05, 4.69) is 64.1 Å². The Morgan fingerprint density at radius 3 is 1.61 bits per heavy atom. The zero-order valence-corrected chi connectivity index (χ0v) is 22.1. The summed E-state index contributed by atoms with van der Waals surface area (Å²) in [6, 6.07) is 2.22. The summed E-state index contributed by atoms with van der Waals surface area (Å²) < 4.78 is 0. The van der Waals surface area contributed by atoms with Crippen LogP contribution in [-0.2, 0) is 0 Å². The van der Waals surface area contributed by atoms with Gasteiger partial charge in [0.15, 0.2) is 0 Å². The average Bonchev–Trinajstić information content (AvgIpc) is 3.36. The Labute approximate surface area is 181 Å². The molecule has 0 aliphatic carbocycles. The molecule has 0 spiro atoms. The summed E-state index contributed by atoms with van der Waals surface area (Å²) in [5.74, 6) is 0. The lowest BCUT2D eigenvalue weighted by Gasteiger charge is -2.33. The van der Waals surface area contributed by atoms with Crippen molar-refractivity contribution in [1.82, 2.24) is 20.0 Å². The highest BCUT2D eigenvalue weighted by atomic mass is 31.0. The summed E-state index contributed by atoms with van der Waals surface area (Å²) in [7, 11) is 7.06. The molecular formula is C23H55N4P. The van der Waals surface area contributed by atoms with Crippen LogP contribution in [0.3, 0.4) is 0 Å². The predicted octanol–water partition coefficient (Wildman–Crippen LogP) is 4.41. The smallest absolute Gasteiger partial charge is 0.0235 e. The molecule has 3 aliphatic heterocycles. The van der Waals surface area contributed by atoms with Gasteiger partial charge in [0.25, 0.3) is 0 Å². The number of nitrogens with one attached hydrogen (secondary N) is 1. The van der Waals surface area contributed by atoms with Crippen molar-refractivity contribution < 1.29 is 0 Å². The Bertz CT molecular complexity index is 284. The van der Waals surface area contributed by atoms with E-state index in [9.17, 15) is 0 Å². The van der Waals surface area contributed by atoms with Crippen molar-refractivity contribution >= 4 is 9.24 Å². The van der Waals surface area contributed by atoms with Gasteiger partial charge in [0.05, 0.1) is 0 Å². The minimum absolute atomic E-state index is 0.666. The highest BCUT2D eigenvalue weighted by Crippen LogP contribution is 2.18. The molecule has 3 heterocycles. The van der Waals surface area contributed by atoms with E-state index in [0.717, 1.165) is 6.04 Å². The molecule has 2 unspecified atom stereocenters. The van der Waals surface area contributed by atoms with Gasteiger partial charge in [-0.25, -0.2) is 0 Å². The van der Waals surface area contributed by atoms with E-state index in [0.29, 0.717) is 12.1 Å². The fraction of sp³-hybridized carbons (Fsp3) is 1.00. The molecule has 0 aromatic carbocycles. The molecule has 0 amide bonds. The molecule has 4 nitrogen and oxygen atoms in total. The minimum Gasteiger partial charge on any atom is -0.309 e. The molecule has 3 rings (SSSR count). The number of piperazine rings is 1. The van der Waals surface area contributed by atoms with Crippen molar-refractivity contribution in [3.8, 4) is 0 Å². The summed E-state index contributed by atoms with van der Waals surface area (Å²) in [5.41, 5.74) is 0. The second-order valence-electron chi connectivity index (χ2n) is 7.93. The number of hydrogen-bond donors (Lipinski definition) is 1. The molecule has 172 valence electrons. The van der Waals surface area contributed by atoms with Gasteiger partial charge in [-0.05, 0) is 73.0 Å². The Morgan fingerprint density at radius 2 is 1.29 bits per heavy atom. The van der Waals surface area contributed by atoms with Gasteiger partial charge in [-0.2, -0.15) is 0 Å². The maximum atomic E-state index is 3.47. The quantitative estimate of drug-likeness (QED) is 0.671. The Kier molecular flexibility index (Phi) is 22.3. The van der Waals surface area contributed by atoms with Crippen molar-refractivity contribution in [2.75, 3.05) is 59.5 Å². The number of likely N-dealkylation sites (N-methyl/N-ethyl adjacent to an activating group) is 2. The maximum Gasteiger partial charge on any atom is 0.0235 e. The molecule has 3 aliphatic rings. The van der Waals surface area contributed by atoms with E-state index in [-0.39, 0.29) is 0 Å². The molecule has 1 N–H and O–H groups in total. The van der Waals surface area contributed by atoms with Gasteiger partial charge in [0.2, 0.25) is 0 Å². The van der Waals surface area contributed by atoms with E-state index in [1.807, 2.05) is 27.7 Å². The molecule has 0 saturated carbocycles. The van der Waals surface area contributed by atoms with Gasteiger partial charge >= 0.3 is 0 Å². The first-order chi connectivity index (χ1) is 13.5. The van der Waals surface area contributed by atoms with Crippen molar-refractivity contribution in [2.45, 2.75) is 92.3 Å². The molecule has 0 aromatic heterocycles. The van der Waals surface area contributed by atoms with Crippen LogP contribution in [0.25, 0.3) is 0 Å². The largest absolute Gasteiger partial charge is 0.309 e. The highest BCUT2D eigenvalue weighted by Gasteiger charge is 2.26. The SMILES string of the molecule is CC.CC.CCCP.CN1CCC(N2CCCC2)C1.C[C@@H]1CN(C)C[C@H](C)N1. The van der Waals surface area contributed by atoms with Crippen molar-refractivity contribution in [2.24, 2.45) is 0 Å². The van der Waals surface area contributed by atoms with Gasteiger partial charge in [0, 0.05) is 37.8 Å². The molecule has 5 heteroatoms. The second kappa shape index (κ2) is 20.5. The number of hydrogen-bond acceptors (Lipinski definition) is 4. The van der Waals surface area contributed by atoms with Crippen LogP contribution in [0.4, 0.5) is 0 Å². The van der Waals surface area contributed by atoms with Crippen molar-refractivity contribution in [1.29, 1.82) is 0 Å². The number of likely N-dealkylation sites (tertiary alicyclic amines) is 2. The third-order valence-electron chi connectivity index (χ3n) is 5.05. The second-order valence-corrected chi connectivity index (χ2v) is 8.50. The first-order valence-corrected chi connectivity index (χ1v) is 12.8. The van der Waals surface area contributed by atoms with Gasteiger partial charge in [-0.1, -0.05) is 41.0 Å². The van der Waals surface area contributed by atoms with Crippen LogP contribution >= 0.6 is 9.24 Å². The lowest BCUT2D eigenvalue weighted by atomic mass is 10.2. The highest BCUT2D eigenvalue weighted by molar-refractivity contribution is 7.16. The summed E-state index contributed by atoms with van der Waals surface area (Å²) in [6.07, 6.45) is 6.78. The van der Waals surface area contributed by atoms with Crippen LogP contribution in [0, 0.1) is 0 Å². The molecule has 0 bridgehead atoms. The fourth-order valence-corrected chi connectivity index (χ4v) is 3.92. The molecule has 0 radical (unpaired) electrons. The number of rotatable bonds is 2. The summed E-state index contributed by atoms with van der Waals surface area (Å²) in [5, 5.41) is 3.47. The van der Waals surface area contributed by atoms with Gasteiger partial charge in [-0.3, -0.25) is 4.90 Å². The lowest BCUT2D eigenvalue weighted by Crippen LogP contribution is -2.52. The van der Waals surface area contributed by atoms with Crippen LogP contribution < -0.4 is 5.32 Å². The topological polar surface area (TPSA) is 21.8 Å². The van der Waals surface area contributed by atoms with Crippen molar-refractivity contribution in [3.63, 3.8) is 0 Å². The van der Waals surface area contributed by atoms with Crippen LogP contribution in [0.5, 0.6) is 0 Å². The molecular weight excluding hydrogens is 363 g/mol. The third kappa shape index (κ3) is 15.2. The van der Waals surface area contributed by atoms with E-state index < -0.39 is 0 Å². The standard InChI is InChI=1S/C9H18N2.C7H16N2.C3H9P.2C2H6/c1-10-7-4-9(8-10)11-5-2-3-6-11;1-6-4-9(3)5-7(2)8-6;1-2-3-4;2*1-2/h9H,2-8H2,1H3;6-8H,4-5H2,1-3H3;2-4H2,1H3;2*1-2H3/t;6-,7+;;;. The fourth-order valence-electron chi connectivity index (χ4n) is 3.92.